The number of hydrogen-bond acceptors (Lipinski definition) is 6. The van der Waals surface area contributed by atoms with Crippen molar-refractivity contribution in [3.05, 3.63) is 57.6 Å². The number of phenolic OH excluding ortho intramolecular Hbond substituents is 1. The molecule has 132 valence electrons. The van der Waals surface area contributed by atoms with Crippen LogP contribution in [0.4, 0.5) is 5.69 Å². The number of rotatable bonds is 7. The number of ether oxygens (including phenoxy) is 2. The predicted molar refractivity (Wildman–Crippen MR) is 88.4 cm³/mol. The zero-order valence-electron chi connectivity index (χ0n) is 13.6. The fraction of sp³-hybridized carbons (Fsp3) is 0.235. The van der Waals surface area contributed by atoms with Gasteiger partial charge in [-0.2, -0.15) is 0 Å². The van der Waals surface area contributed by atoms with Crippen molar-refractivity contribution in [3.63, 3.8) is 0 Å². The lowest BCUT2D eigenvalue weighted by molar-refractivity contribution is -0.385. The number of aromatic hydroxyl groups is 1. The van der Waals surface area contributed by atoms with Crippen LogP contribution in [0.2, 0.25) is 0 Å². The minimum atomic E-state index is -1.11. The Labute approximate surface area is 143 Å². The smallest absolute Gasteiger partial charge is 0.315 e. The number of nitro groups is 1. The molecular formula is C17H17NO7. The molecule has 0 spiro atoms. The number of carboxylic acid groups (broad SMARTS) is 1. The van der Waals surface area contributed by atoms with Gasteiger partial charge in [0.1, 0.15) is 5.75 Å². The molecule has 0 saturated carbocycles. The summed E-state index contributed by atoms with van der Waals surface area (Å²) in [5.41, 5.74) is 0.488. The molecule has 2 N–H and O–H groups in total. The third kappa shape index (κ3) is 3.97. The Morgan fingerprint density at radius 1 is 1.24 bits per heavy atom. The molecule has 0 heterocycles. The number of phenols is 1. The number of nitrogens with zero attached hydrogens (tertiary/aromatic N) is 1. The molecule has 1 atom stereocenters. The summed E-state index contributed by atoms with van der Waals surface area (Å²) >= 11 is 0. The van der Waals surface area contributed by atoms with Crippen LogP contribution >= 0.6 is 0 Å². The Hall–Kier alpha value is -3.29. The molecule has 25 heavy (non-hydrogen) atoms. The van der Waals surface area contributed by atoms with E-state index in [1.54, 1.807) is 6.07 Å². The van der Waals surface area contributed by atoms with E-state index in [0.717, 1.165) is 0 Å². The number of carbonyl (C=O) groups is 1. The first-order valence-electron chi connectivity index (χ1n) is 7.28. The van der Waals surface area contributed by atoms with Crippen molar-refractivity contribution in [1.29, 1.82) is 0 Å². The molecular weight excluding hydrogens is 330 g/mol. The van der Waals surface area contributed by atoms with Gasteiger partial charge in [0, 0.05) is 6.07 Å². The highest BCUT2D eigenvalue weighted by molar-refractivity contribution is 5.77. The van der Waals surface area contributed by atoms with Gasteiger partial charge in [-0.3, -0.25) is 14.9 Å². The Kier molecular flexibility index (Phi) is 5.43. The van der Waals surface area contributed by atoms with Crippen LogP contribution < -0.4 is 9.47 Å². The number of carboxylic acids is 1. The molecule has 0 aliphatic carbocycles. The van der Waals surface area contributed by atoms with E-state index in [-0.39, 0.29) is 29.4 Å². The summed E-state index contributed by atoms with van der Waals surface area (Å²) in [6.07, 6.45) is -0.0139. The fourth-order valence-corrected chi connectivity index (χ4v) is 2.58. The van der Waals surface area contributed by atoms with Gasteiger partial charge in [0.2, 0.25) is 5.75 Å². The van der Waals surface area contributed by atoms with Crippen LogP contribution in [0.1, 0.15) is 17.0 Å². The summed E-state index contributed by atoms with van der Waals surface area (Å²) in [7, 11) is 2.63. The third-order valence-corrected chi connectivity index (χ3v) is 3.73. The summed E-state index contributed by atoms with van der Waals surface area (Å²) in [5.74, 6) is -2.03. The van der Waals surface area contributed by atoms with E-state index in [2.05, 4.69) is 0 Å². The first kappa shape index (κ1) is 18.1. The van der Waals surface area contributed by atoms with Gasteiger partial charge in [-0.05, 0) is 35.7 Å². The summed E-state index contributed by atoms with van der Waals surface area (Å²) in [4.78, 5) is 22.3. The molecule has 0 amide bonds. The molecule has 0 radical (unpaired) electrons. The van der Waals surface area contributed by atoms with Crippen molar-refractivity contribution < 1.29 is 29.4 Å². The van der Waals surface area contributed by atoms with Crippen LogP contribution in [-0.2, 0) is 11.2 Å². The Morgan fingerprint density at radius 3 is 2.48 bits per heavy atom. The topological polar surface area (TPSA) is 119 Å². The summed E-state index contributed by atoms with van der Waals surface area (Å²) in [6.45, 7) is 0. The lowest BCUT2D eigenvalue weighted by atomic mass is 9.91. The highest BCUT2D eigenvalue weighted by Crippen LogP contribution is 2.39. The average molecular weight is 347 g/mol. The van der Waals surface area contributed by atoms with E-state index in [1.807, 2.05) is 0 Å². The molecule has 1 unspecified atom stereocenters. The van der Waals surface area contributed by atoms with E-state index >= 15 is 0 Å². The summed E-state index contributed by atoms with van der Waals surface area (Å²) in [6, 6.07) is 8.67. The second-order valence-corrected chi connectivity index (χ2v) is 5.30. The molecule has 0 saturated heterocycles. The molecule has 2 aromatic carbocycles. The van der Waals surface area contributed by atoms with Crippen molar-refractivity contribution in [2.45, 2.75) is 12.3 Å². The molecule has 8 nitrogen and oxygen atoms in total. The van der Waals surface area contributed by atoms with Crippen molar-refractivity contribution in [3.8, 4) is 17.2 Å². The fourth-order valence-electron chi connectivity index (χ4n) is 2.58. The number of benzene rings is 2. The Bertz CT molecular complexity index is 804. The van der Waals surface area contributed by atoms with E-state index < -0.39 is 16.8 Å². The number of nitro benzene ring substituents is 1. The number of hydrogen-bond donors (Lipinski definition) is 2. The molecule has 0 aromatic heterocycles. The molecule has 8 heteroatoms. The third-order valence-electron chi connectivity index (χ3n) is 3.73. The maximum absolute atomic E-state index is 11.6. The highest BCUT2D eigenvalue weighted by Gasteiger charge is 2.26. The average Bonchev–Trinajstić information content (AvgIpc) is 2.58. The lowest BCUT2D eigenvalue weighted by Crippen LogP contribution is -2.14. The minimum absolute atomic E-state index is 0.0139. The first-order valence-corrected chi connectivity index (χ1v) is 7.28. The van der Waals surface area contributed by atoms with Gasteiger partial charge in [-0.15, -0.1) is 0 Å². The van der Waals surface area contributed by atoms with Crippen LogP contribution in [0.5, 0.6) is 17.2 Å². The highest BCUT2D eigenvalue weighted by atomic mass is 16.6. The number of aliphatic carboxylic acids is 1. The molecule has 2 rings (SSSR count). The summed E-state index contributed by atoms with van der Waals surface area (Å²) in [5, 5.41) is 30.3. The van der Waals surface area contributed by atoms with Crippen LogP contribution in [0.25, 0.3) is 0 Å². The molecule has 0 aliphatic heterocycles. The maximum Gasteiger partial charge on any atom is 0.315 e. The van der Waals surface area contributed by atoms with Gasteiger partial charge in [0.15, 0.2) is 5.75 Å². The van der Waals surface area contributed by atoms with Gasteiger partial charge in [-0.1, -0.05) is 12.1 Å². The van der Waals surface area contributed by atoms with Crippen LogP contribution in [-0.4, -0.2) is 35.3 Å². The summed E-state index contributed by atoms with van der Waals surface area (Å²) < 4.78 is 10.1. The van der Waals surface area contributed by atoms with Crippen molar-refractivity contribution in [2.75, 3.05) is 14.2 Å². The van der Waals surface area contributed by atoms with E-state index in [1.165, 1.54) is 44.6 Å². The molecule has 0 fully saturated rings. The molecule has 2 aromatic rings. The molecule has 0 aliphatic rings. The van der Waals surface area contributed by atoms with Gasteiger partial charge in [-0.25, -0.2) is 0 Å². The van der Waals surface area contributed by atoms with Gasteiger partial charge < -0.3 is 19.7 Å². The second kappa shape index (κ2) is 7.52. The van der Waals surface area contributed by atoms with Gasteiger partial charge in [0.25, 0.3) is 0 Å². The van der Waals surface area contributed by atoms with E-state index in [0.29, 0.717) is 11.1 Å². The van der Waals surface area contributed by atoms with Gasteiger partial charge >= 0.3 is 11.7 Å². The maximum atomic E-state index is 11.6. The first-order chi connectivity index (χ1) is 11.9. The Morgan fingerprint density at radius 2 is 1.96 bits per heavy atom. The standard InChI is InChI=1S/C17H17NO7/c1-24-15-8-10(7-14(18(22)23)16(15)25-2)6-13(17(20)21)11-4-3-5-12(19)9-11/h3-5,7-9,13,19H,6H2,1-2H3,(H,20,21). The lowest BCUT2D eigenvalue weighted by Gasteiger charge is -2.15. The van der Waals surface area contributed by atoms with Crippen molar-refractivity contribution in [2.24, 2.45) is 0 Å². The van der Waals surface area contributed by atoms with Crippen LogP contribution in [0, 0.1) is 10.1 Å². The van der Waals surface area contributed by atoms with Crippen LogP contribution in [0.15, 0.2) is 36.4 Å². The normalized spacial score (nSPS) is 11.6. The second-order valence-electron chi connectivity index (χ2n) is 5.30. The molecule has 0 bridgehead atoms. The van der Waals surface area contributed by atoms with Crippen molar-refractivity contribution in [1.82, 2.24) is 0 Å². The van der Waals surface area contributed by atoms with Gasteiger partial charge in [0.05, 0.1) is 25.1 Å². The largest absolute Gasteiger partial charge is 0.508 e. The number of methoxy groups -OCH3 is 2. The quantitative estimate of drug-likeness (QED) is 0.584. The van der Waals surface area contributed by atoms with E-state index in [4.69, 9.17) is 9.47 Å². The zero-order valence-corrected chi connectivity index (χ0v) is 13.6. The van der Waals surface area contributed by atoms with Crippen LogP contribution in [0.3, 0.4) is 0 Å². The monoisotopic (exact) mass is 347 g/mol. The Balaban J connectivity index is 2.47. The van der Waals surface area contributed by atoms with E-state index in [9.17, 15) is 25.1 Å². The minimum Gasteiger partial charge on any atom is -0.508 e. The predicted octanol–water partition coefficient (Wildman–Crippen LogP) is 2.73. The zero-order chi connectivity index (χ0) is 18.6. The SMILES string of the molecule is COc1cc(CC(C(=O)O)c2cccc(O)c2)cc([N+](=O)[O-])c1OC. The van der Waals surface area contributed by atoms with Crippen molar-refractivity contribution >= 4 is 11.7 Å².